The van der Waals surface area contributed by atoms with E-state index in [9.17, 15) is 24.0 Å². The molecule has 2 aromatic carbocycles. The van der Waals surface area contributed by atoms with E-state index in [1.54, 1.807) is 64.1 Å². The molecule has 2 aliphatic rings. The minimum atomic E-state index is -1.10. The van der Waals surface area contributed by atoms with Crippen LogP contribution in [0.15, 0.2) is 60.7 Å². The molecule has 4 rings (SSSR count). The number of carbonyl (C=O) groups excluding carboxylic acids is 5. The zero-order valence-electron chi connectivity index (χ0n) is 22.7. The fourth-order valence-corrected chi connectivity index (χ4v) is 5.15. The van der Waals surface area contributed by atoms with Crippen LogP contribution in [0, 0.1) is 11.8 Å². The van der Waals surface area contributed by atoms with Crippen LogP contribution >= 0.6 is 0 Å². The van der Waals surface area contributed by atoms with Crippen LogP contribution < -0.4 is 5.32 Å². The van der Waals surface area contributed by atoms with Gasteiger partial charge in [0.25, 0.3) is 11.8 Å². The summed E-state index contributed by atoms with van der Waals surface area (Å²) < 4.78 is 4.86. The van der Waals surface area contributed by atoms with Crippen LogP contribution in [-0.4, -0.2) is 70.7 Å². The third-order valence-corrected chi connectivity index (χ3v) is 7.16. The Bertz CT molecular complexity index is 1280. The first-order chi connectivity index (χ1) is 18.6. The third kappa shape index (κ3) is 5.08. The zero-order valence-corrected chi connectivity index (χ0v) is 22.7. The number of ether oxygens (including phenoxy) is 1. The molecule has 9 heteroatoms. The lowest BCUT2D eigenvalue weighted by molar-refractivity contribution is -0.163. The number of fused-ring (bicyclic) bond motifs is 1. The predicted molar refractivity (Wildman–Crippen MR) is 144 cm³/mol. The number of amides is 4. The second kappa shape index (κ2) is 11.2. The van der Waals surface area contributed by atoms with Gasteiger partial charge >= 0.3 is 5.97 Å². The van der Waals surface area contributed by atoms with E-state index >= 15 is 0 Å². The molecule has 2 aliphatic heterocycles. The van der Waals surface area contributed by atoms with Crippen molar-refractivity contribution in [2.45, 2.75) is 51.9 Å². The van der Waals surface area contributed by atoms with Gasteiger partial charge in [-0.3, -0.25) is 24.1 Å². The van der Waals surface area contributed by atoms with Gasteiger partial charge in [0.1, 0.15) is 18.1 Å². The highest BCUT2D eigenvalue weighted by Crippen LogP contribution is 2.36. The zero-order chi connectivity index (χ0) is 28.4. The number of rotatable bonds is 9. The Morgan fingerprint density at radius 2 is 1.44 bits per heavy atom. The number of nitrogens with one attached hydrogen (secondary N) is 1. The summed E-state index contributed by atoms with van der Waals surface area (Å²) in [6.07, 6.45) is 3.55. The second-order valence-electron chi connectivity index (χ2n) is 10.4. The SMILES string of the molecule is COC(=O)[C@@H](NC(=O)[C@H](C(C)C)N1C(=O)[C@H](N2C(=O)c3ccccc3C2=O)[C@@H]1C=Cc1ccccc1)C(C)C. The minimum absolute atomic E-state index is 0.246. The first-order valence-corrected chi connectivity index (χ1v) is 13.0. The lowest BCUT2D eigenvalue weighted by atomic mass is 9.86. The van der Waals surface area contributed by atoms with Crippen molar-refractivity contribution in [2.24, 2.45) is 11.8 Å². The van der Waals surface area contributed by atoms with Gasteiger partial charge in [-0.1, -0.05) is 82.3 Å². The Balaban J connectivity index is 1.70. The normalized spacial score (nSPS) is 20.3. The largest absolute Gasteiger partial charge is 0.467 e. The highest BCUT2D eigenvalue weighted by atomic mass is 16.5. The number of methoxy groups -OCH3 is 1. The summed E-state index contributed by atoms with van der Waals surface area (Å²) in [4.78, 5) is 68.6. The van der Waals surface area contributed by atoms with Crippen molar-refractivity contribution in [2.75, 3.05) is 7.11 Å². The Kier molecular flexibility index (Phi) is 7.99. The van der Waals surface area contributed by atoms with E-state index in [1.807, 2.05) is 30.3 Å². The summed E-state index contributed by atoms with van der Waals surface area (Å²) in [6.45, 7) is 7.16. The quantitative estimate of drug-likeness (QED) is 0.303. The maximum absolute atomic E-state index is 13.7. The molecule has 0 aromatic heterocycles. The number of hydrogen-bond acceptors (Lipinski definition) is 6. The predicted octanol–water partition coefficient (Wildman–Crippen LogP) is 2.91. The summed E-state index contributed by atoms with van der Waals surface area (Å²) in [6, 6.07) is 12.1. The van der Waals surface area contributed by atoms with Crippen molar-refractivity contribution < 1.29 is 28.7 Å². The number of imide groups is 1. The smallest absolute Gasteiger partial charge is 0.328 e. The summed E-state index contributed by atoms with van der Waals surface area (Å²) >= 11 is 0. The average molecular weight is 532 g/mol. The lowest BCUT2D eigenvalue weighted by Gasteiger charge is -2.52. The topological polar surface area (TPSA) is 113 Å². The summed E-state index contributed by atoms with van der Waals surface area (Å²) in [5.41, 5.74) is 1.35. The van der Waals surface area contributed by atoms with E-state index in [2.05, 4.69) is 5.32 Å². The molecule has 1 N–H and O–H groups in total. The van der Waals surface area contributed by atoms with Crippen LogP contribution in [0.1, 0.15) is 54.0 Å². The fraction of sp³-hybridized carbons (Fsp3) is 0.367. The van der Waals surface area contributed by atoms with Crippen molar-refractivity contribution in [1.82, 2.24) is 15.1 Å². The van der Waals surface area contributed by atoms with Crippen LogP contribution in [0.2, 0.25) is 0 Å². The Morgan fingerprint density at radius 3 is 1.95 bits per heavy atom. The lowest BCUT2D eigenvalue weighted by Crippen LogP contribution is -2.75. The molecular formula is C30H33N3O6. The van der Waals surface area contributed by atoms with Gasteiger partial charge in [0.2, 0.25) is 11.8 Å². The van der Waals surface area contributed by atoms with Crippen molar-refractivity contribution in [3.05, 3.63) is 77.4 Å². The fourth-order valence-electron chi connectivity index (χ4n) is 5.15. The van der Waals surface area contributed by atoms with Crippen molar-refractivity contribution in [3.8, 4) is 0 Å². The first kappa shape index (κ1) is 27.8. The Hall–Kier alpha value is -4.27. The highest BCUT2D eigenvalue weighted by Gasteiger charge is 2.58. The van der Waals surface area contributed by atoms with Crippen molar-refractivity contribution in [1.29, 1.82) is 0 Å². The van der Waals surface area contributed by atoms with E-state index < -0.39 is 53.8 Å². The molecule has 1 fully saturated rings. The minimum Gasteiger partial charge on any atom is -0.467 e. The van der Waals surface area contributed by atoms with Crippen LogP contribution in [0.5, 0.6) is 0 Å². The van der Waals surface area contributed by atoms with Crippen LogP contribution in [0.4, 0.5) is 0 Å². The molecule has 0 aliphatic carbocycles. The Labute approximate surface area is 227 Å². The molecule has 204 valence electrons. The van der Waals surface area contributed by atoms with E-state index in [1.165, 1.54) is 12.0 Å². The highest BCUT2D eigenvalue weighted by molar-refractivity contribution is 6.23. The number of carbonyl (C=O) groups is 5. The van der Waals surface area contributed by atoms with Gasteiger partial charge in [0.15, 0.2) is 0 Å². The van der Waals surface area contributed by atoms with E-state index in [0.29, 0.717) is 0 Å². The molecule has 0 bridgehead atoms. The molecule has 2 aromatic rings. The van der Waals surface area contributed by atoms with Gasteiger partial charge in [-0.2, -0.15) is 0 Å². The molecule has 0 saturated carbocycles. The number of nitrogens with zero attached hydrogens (tertiary/aromatic N) is 2. The van der Waals surface area contributed by atoms with Gasteiger partial charge in [0, 0.05) is 0 Å². The number of likely N-dealkylation sites (tertiary alicyclic amines) is 1. The molecular weight excluding hydrogens is 498 g/mol. The molecule has 0 spiro atoms. The number of benzene rings is 2. The van der Waals surface area contributed by atoms with Crippen LogP contribution in [0.25, 0.3) is 6.08 Å². The summed E-state index contributed by atoms with van der Waals surface area (Å²) in [7, 11) is 1.25. The standard InChI is InChI=1S/C30H33N3O6/c1-17(2)23(30(38)39-5)31-26(34)24(18(3)4)32-22(16-15-19-11-7-6-8-12-19)25(29(32)37)33-27(35)20-13-9-10-14-21(20)28(33)36/h6-18,22-25H,1-5H3,(H,31,34)/t22-,23-,24-,25+/m0/s1. The molecule has 0 radical (unpaired) electrons. The molecule has 4 atom stereocenters. The molecule has 4 amide bonds. The number of β-lactam (4-membered cyclic amide) rings is 1. The monoisotopic (exact) mass is 531 g/mol. The maximum atomic E-state index is 13.7. The van der Waals surface area contributed by atoms with Crippen molar-refractivity contribution in [3.63, 3.8) is 0 Å². The van der Waals surface area contributed by atoms with Gasteiger partial charge < -0.3 is 15.0 Å². The number of hydrogen-bond donors (Lipinski definition) is 1. The molecule has 0 unspecified atom stereocenters. The van der Waals surface area contributed by atoms with Gasteiger partial charge in [-0.25, -0.2) is 4.79 Å². The van der Waals surface area contributed by atoms with Crippen LogP contribution in [-0.2, 0) is 19.1 Å². The number of esters is 1. The second-order valence-corrected chi connectivity index (χ2v) is 10.4. The van der Waals surface area contributed by atoms with Gasteiger partial charge in [-0.05, 0) is 29.5 Å². The van der Waals surface area contributed by atoms with E-state index in [0.717, 1.165) is 10.5 Å². The van der Waals surface area contributed by atoms with Crippen molar-refractivity contribution >= 4 is 35.7 Å². The molecule has 2 heterocycles. The van der Waals surface area contributed by atoms with E-state index in [4.69, 9.17) is 4.74 Å². The summed E-state index contributed by atoms with van der Waals surface area (Å²) in [5, 5.41) is 2.75. The average Bonchev–Trinajstić information content (AvgIpc) is 3.17. The van der Waals surface area contributed by atoms with E-state index in [-0.39, 0.29) is 23.0 Å². The van der Waals surface area contributed by atoms with Crippen LogP contribution in [0.3, 0.4) is 0 Å². The molecule has 1 saturated heterocycles. The summed E-state index contributed by atoms with van der Waals surface area (Å²) in [5.74, 6) is -3.27. The maximum Gasteiger partial charge on any atom is 0.328 e. The third-order valence-electron chi connectivity index (χ3n) is 7.16. The van der Waals surface area contributed by atoms with Gasteiger partial charge in [-0.15, -0.1) is 0 Å². The molecule has 9 nitrogen and oxygen atoms in total. The van der Waals surface area contributed by atoms with Gasteiger partial charge in [0.05, 0.1) is 24.3 Å². The molecule has 39 heavy (non-hydrogen) atoms. The Morgan fingerprint density at radius 1 is 0.872 bits per heavy atom. The first-order valence-electron chi connectivity index (χ1n) is 13.0.